The van der Waals surface area contributed by atoms with Crippen LogP contribution in [0.4, 0.5) is 0 Å². The van der Waals surface area contributed by atoms with E-state index >= 15 is 0 Å². The molecule has 8 heteroatoms. The summed E-state index contributed by atoms with van der Waals surface area (Å²) in [6.07, 6.45) is 10.8. The Hall–Kier alpha value is -3.15. The van der Waals surface area contributed by atoms with Crippen molar-refractivity contribution in [2.24, 2.45) is 17.8 Å². The highest BCUT2D eigenvalue weighted by Crippen LogP contribution is 2.44. The second-order valence-corrected chi connectivity index (χ2v) is 12.8. The lowest BCUT2D eigenvalue weighted by atomic mass is 9.89. The number of sulfone groups is 1. The normalized spacial score (nSPS) is 22.7. The van der Waals surface area contributed by atoms with E-state index in [1.54, 1.807) is 0 Å². The van der Waals surface area contributed by atoms with Crippen molar-refractivity contribution >= 4 is 21.7 Å². The van der Waals surface area contributed by atoms with E-state index in [0.29, 0.717) is 18.3 Å². The van der Waals surface area contributed by atoms with Crippen molar-refractivity contribution in [3.05, 3.63) is 65.7 Å². The van der Waals surface area contributed by atoms with Gasteiger partial charge in [0.25, 0.3) is 5.91 Å². The molecule has 6 atom stereocenters. The van der Waals surface area contributed by atoms with Gasteiger partial charge in [-0.15, -0.1) is 12.3 Å². The number of aliphatic hydroxyl groups is 1. The van der Waals surface area contributed by atoms with Crippen molar-refractivity contribution in [2.75, 3.05) is 6.26 Å². The highest BCUT2D eigenvalue weighted by Gasteiger charge is 2.41. The van der Waals surface area contributed by atoms with E-state index in [-0.39, 0.29) is 35.2 Å². The van der Waals surface area contributed by atoms with Gasteiger partial charge < -0.3 is 15.7 Å². The number of hydrogen-bond acceptors (Lipinski definition) is 5. The Morgan fingerprint density at radius 1 is 1.11 bits per heavy atom. The summed E-state index contributed by atoms with van der Waals surface area (Å²) >= 11 is 0. The minimum atomic E-state index is -3.49. The first-order valence-corrected chi connectivity index (χ1v) is 15.1. The number of amides is 2. The van der Waals surface area contributed by atoms with E-state index in [1.807, 2.05) is 30.3 Å². The van der Waals surface area contributed by atoms with Crippen LogP contribution in [-0.2, 0) is 21.1 Å². The summed E-state index contributed by atoms with van der Waals surface area (Å²) < 4.78 is 23.9. The monoisotopic (exact) mass is 536 g/mol. The molecular weight excluding hydrogens is 500 g/mol. The molecule has 0 saturated heterocycles. The van der Waals surface area contributed by atoms with Gasteiger partial charge in [0.05, 0.1) is 23.0 Å². The summed E-state index contributed by atoms with van der Waals surface area (Å²) in [6, 6.07) is 14.7. The van der Waals surface area contributed by atoms with Gasteiger partial charge in [-0.1, -0.05) is 42.8 Å². The van der Waals surface area contributed by atoms with Crippen LogP contribution in [0, 0.1) is 30.1 Å². The fourth-order valence-corrected chi connectivity index (χ4v) is 6.54. The van der Waals surface area contributed by atoms with Crippen molar-refractivity contribution in [1.82, 2.24) is 10.6 Å². The number of terminal acetylenes is 1. The van der Waals surface area contributed by atoms with Gasteiger partial charge in [0.1, 0.15) is 0 Å². The Kier molecular flexibility index (Phi) is 8.91. The Morgan fingerprint density at radius 3 is 2.50 bits per heavy atom. The van der Waals surface area contributed by atoms with Gasteiger partial charge in [-0.2, -0.15) is 0 Å². The van der Waals surface area contributed by atoms with Crippen molar-refractivity contribution in [1.29, 1.82) is 0 Å². The van der Waals surface area contributed by atoms with Gasteiger partial charge in [-0.05, 0) is 67.7 Å². The standard InChI is InChI=1S/C30H36N2O5S/c1-3-8-23(29(34)31-26-17-21-13-14-22(26)15-21)19-28(33)27(16-20-9-5-4-6-10-20)32-30(35)24-11-7-12-25(18-24)38(2,36)37/h1,4-7,9-12,18,21-23,26-28,33H,8,13-17,19H2,2H3,(H,31,34)(H,32,35)/t21?,22?,23-,26?,27+,28+/m1/s1. The van der Waals surface area contributed by atoms with E-state index in [4.69, 9.17) is 6.42 Å². The lowest BCUT2D eigenvalue weighted by molar-refractivity contribution is -0.127. The zero-order valence-electron chi connectivity index (χ0n) is 21.7. The fraction of sp³-hybridized carbons (Fsp3) is 0.467. The number of benzene rings is 2. The molecule has 0 aromatic heterocycles. The average Bonchev–Trinajstić information content (AvgIpc) is 3.51. The third kappa shape index (κ3) is 7.03. The third-order valence-corrected chi connectivity index (χ3v) is 9.04. The molecule has 0 aliphatic heterocycles. The lowest BCUT2D eigenvalue weighted by Gasteiger charge is -2.29. The quantitative estimate of drug-likeness (QED) is 0.382. The second-order valence-electron chi connectivity index (χ2n) is 10.8. The third-order valence-electron chi connectivity index (χ3n) is 7.93. The molecule has 2 aromatic carbocycles. The molecule has 202 valence electrons. The molecule has 7 nitrogen and oxygen atoms in total. The fourth-order valence-electron chi connectivity index (χ4n) is 5.87. The van der Waals surface area contributed by atoms with Crippen molar-refractivity contribution in [3.8, 4) is 12.3 Å². The van der Waals surface area contributed by atoms with Crippen LogP contribution in [0.3, 0.4) is 0 Å². The Labute approximate surface area is 225 Å². The van der Waals surface area contributed by atoms with Crippen molar-refractivity contribution < 1.29 is 23.1 Å². The van der Waals surface area contributed by atoms with Crippen LogP contribution in [0.5, 0.6) is 0 Å². The van der Waals surface area contributed by atoms with Crippen LogP contribution < -0.4 is 10.6 Å². The van der Waals surface area contributed by atoms with Gasteiger partial charge in [0.2, 0.25) is 5.91 Å². The second kappa shape index (κ2) is 12.1. The van der Waals surface area contributed by atoms with E-state index < -0.39 is 33.8 Å². The molecule has 2 aliphatic carbocycles. The molecule has 2 saturated carbocycles. The zero-order valence-corrected chi connectivity index (χ0v) is 22.5. The minimum absolute atomic E-state index is 0.0386. The van der Waals surface area contributed by atoms with Crippen LogP contribution in [-0.4, -0.2) is 49.8 Å². The smallest absolute Gasteiger partial charge is 0.251 e. The number of rotatable bonds is 11. The van der Waals surface area contributed by atoms with Crippen molar-refractivity contribution in [2.45, 2.75) is 68.0 Å². The number of carbonyl (C=O) groups excluding carboxylic acids is 2. The van der Waals surface area contributed by atoms with Gasteiger partial charge in [0.15, 0.2) is 9.84 Å². The summed E-state index contributed by atoms with van der Waals surface area (Å²) in [4.78, 5) is 26.4. The molecule has 3 N–H and O–H groups in total. The molecule has 2 fully saturated rings. The summed E-state index contributed by atoms with van der Waals surface area (Å²) in [5.41, 5.74) is 1.08. The maximum Gasteiger partial charge on any atom is 0.251 e. The topological polar surface area (TPSA) is 113 Å². The maximum absolute atomic E-state index is 13.2. The average molecular weight is 537 g/mol. The molecule has 0 spiro atoms. The molecular formula is C30H36N2O5S. The first kappa shape index (κ1) is 27.9. The lowest BCUT2D eigenvalue weighted by Crippen LogP contribution is -2.48. The molecule has 2 aromatic rings. The van der Waals surface area contributed by atoms with Crippen LogP contribution in [0.1, 0.15) is 54.4 Å². The number of carbonyl (C=O) groups is 2. The van der Waals surface area contributed by atoms with Crippen LogP contribution >= 0.6 is 0 Å². The van der Waals surface area contributed by atoms with Crippen molar-refractivity contribution in [3.63, 3.8) is 0 Å². The highest BCUT2D eigenvalue weighted by molar-refractivity contribution is 7.90. The Bertz CT molecular complexity index is 1290. The van der Waals surface area contributed by atoms with E-state index in [2.05, 4.69) is 16.6 Å². The number of fused-ring (bicyclic) bond motifs is 2. The predicted octanol–water partition coefficient (Wildman–Crippen LogP) is 3.13. The number of nitrogens with one attached hydrogen (secondary N) is 2. The SMILES string of the molecule is C#CC[C@H](C[C@H](O)[C@H](Cc1ccccc1)NC(=O)c1cccc(S(C)(=O)=O)c1)C(=O)NC1CC2CCC1C2. The minimum Gasteiger partial charge on any atom is -0.391 e. The predicted molar refractivity (Wildman–Crippen MR) is 146 cm³/mol. The largest absolute Gasteiger partial charge is 0.391 e. The molecule has 0 radical (unpaired) electrons. The van der Waals surface area contributed by atoms with Gasteiger partial charge in [-0.3, -0.25) is 9.59 Å². The zero-order chi connectivity index (χ0) is 27.3. The molecule has 38 heavy (non-hydrogen) atoms. The van der Waals surface area contributed by atoms with E-state index in [1.165, 1.54) is 37.1 Å². The summed E-state index contributed by atoms with van der Waals surface area (Å²) in [5, 5.41) is 17.4. The first-order chi connectivity index (χ1) is 18.1. The van der Waals surface area contributed by atoms with Crippen LogP contribution in [0.25, 0.3) is 0 Å². The van der Waals surface area contributed by atoms with Gasteiger partial charge in [0, 0.05) is 24.3 Å². The van der Waals surface area contributed by atoms with Crippen LogP contribution in [0.15, 0.2) is 59.5 Å². The summed E-state index contributed by atoms with van der Waals surface area (Å²) in [7, 11) is -3.49. The molecule has 2 aliphatic rings. The van der Waals surface area contributed by atoms with E-state index in [9.17, 15) is 23.1 Å². The summed E-state index contributed by atoms with van der Waals surface area (Å²) in [5.74, 6) is 2.54. The highest BCUT2D eigenvalue weighted by atomic mass is 32.2. The summed E-state index contributed by atoms with van der Waals surface area (Å²) in [6.45, 7) is 0. The van der Waals surface area contributed by atoms with E-state index in [0.717, 1.165) is 24.7 Å². The Morgan fingerprint density at radius 2 is 1.87 bits per heavy atom. The Balaban J connectivity index is 1.49. The molecule has 2 amide bonds. The van der Waals surface area contributed by atoms with Gasteiger partial charge >= 0.3 is 0 Å². The molecule has 3 unspecified atom stereocenters. The first-order valence-electron chi connectivity index (χ1n) is 13.2. The molecule has 4 rings (SSSR count). The molecule has 2 bridgehead atoms. The number of aliphatic hydroxyl groups excluding tert-OH is 1. The molecule has 0 heterocycles. The number of hydrogen-bond donors (Lipinski definition) is 3. The maximum atomic E-state index is 13.2. The van der Waals surface area contributed by atoms with Gasteiger partial charge in [-0.25, -0.2) is 8.42 Å². The van der Waals surface area contributed by atoms with Crippen LogP contribution in [0.2, 0.25) is 0 Å².